The van der Waals surface area contributed by atoms with E-state index >= 15 is 0 Å². The number of nitrogens with one attached hydrogen (secondary N) is 2. The van der Waals surface area contributed by atoms with Crippen LogP contribution >= 0.6 is 11.6 Å². The van der Waals surface area contributed by atoms with Crippen molar-refractivity contribution in [1.29, 1.82) is 0 Å². The number of halogens is 1. The molecule has 0 aliphatic rings. The van der Waals surface area contributed by atoms with Crippen LogP contribution in [-0.2, 0) is 13.0 Å². The van der Waals surface area contributed by atoms with Crippen molar-refractivity contribution in [3.63, 3.8) is 0 Å². The number of aromatic nitrogens is 3. The third kappa shape index (κ3) is 3.54. The molecule has 2 aromatic rings. The monoisotopic (exact) mass is 250 g/mol. The molecule has 0 saturated heterocycles. The van der Waals surface area contributed by atoms with Crippen LogP contribution in [0.3, 0.4) is 0 Å². The third-order valence-corrected chi connectivity index (χ3v) is 2.98. The molecule has 4 nitrogen and oxygen atoms in total. The van der Waals surface area contributed by atoms with Crippen molar-refractivity contribution in [3.05, 3.63) is 46.5 Å². The molecule has 90 valence electrons. The molecule has 0 aliphatic heterocycles. The van der Waals surface area contributed by atoms with E-state index in [1.807, 2.05) is 19.1 Å². The highest BCUT2D eigenvalue weighted by atomic mass is 35.5. The highest BCUT2D eigenvalue weighted by molar-refractivity contribution is 6.31. The lowest BCUT2D eigenvalue weighted by Crippen LogP contribution is -2.17. The average molecular weight is 251 g/mol. The van der Waals surface area contributed by atoms with Crippen molar-refractivity contribution in [2.75, 3.05) is 6.54 Å². The Bertz CT molecular complexity index is 467. The molecule has 0 spiro atoms. The SMILES string of the molecule is Cc1ccc(CNCCc2ncn[nH]2)cc1Cl. The molecule has 0 fully saturated rings. The molecule has 2 rings (SSSR count). The van der Waals surface area contributed by atoms with Gasteiger partial charge in [-0.05, 0) is 24.1 Å². The average Bonchev–Trinajstić information content (AvgIpc) is 2.82. The lowest BCUT2D eigenvalue weighted by atomic mass is 10.1. The van der Waals surface area contributed by atoms with E-state index in [9.17, 15) is 0 Å². The second-order valence-electron chi connectivity index (χ2n) is 3.94. The van der Waals surface area contributed by atoms with E-state index in [0.29, 0.717) is 0 Å². The van der Waals surface area contributed by atoms with Gasteiger partial charge in [0.25, 0.3) is 0 Å². The molecule has 0 aliphatic carbocycles. The van der Waals surface area contributed by atoms with E-state index in [-0.39, 0.29) is 0 Å². The van der Waals surface area contributed by atoms with Gasteiger partial charge < -0.3 is 5.32 Å². The quantitative estimate of drug-likeness (QED) is 0.799. The Kier molecular flexibility index (Phi) is 4.12. The van der Waals surface area contributed by atoms with Crippen LogP contribution < -0.4 is 5.32 Å². The van der Waals surface area contributed by atoms with Gasteiger partial charge in [0.05, 0.1) is 0 Å². The van der Waals surface area contributed by atoms with Crippen LogP contribution in [0.4, 0.5) is 0 Å². The summed E-state index contributed by atoms with van der Waals surface area (Å²) in [5, 5.41) is 10.8. The van der Waals surface area contributed by atoms with Gasteiger partial charge in [-0.15, -0.1) is 0 Å². The zero-order valence-electron chi connectivity index (χ0n) is 9.70. The molecule has 0 amide bonds. The van der Waals surface area contributed by atoms with Crippen molar-refractivity contribution in [2.45, 2.75) is 19.9 Å². The summed E-state index contributed by atoms with van der Waals surface area (Å²) in [5.74, 6) is 0.902. The number of nitrogens with zero attached hydrogens (tertiary/aromatic N) is 2. The smallest absolute Gasteiger partial charge is 0.137 e. The first-order chi connectivity index (χ1) is 8.25. The summed E-state index contributed by atoms with van der Waals surface area (Å²) in [7, 11) is 0. The predicted octanol–water partition coefficient (Wildman–Crippen LogP) is 2.10. The first-order valence-electron chi connectivity index (χ1n) is 5.55. The molecule has 0 radical (unpaired) electrons. The van der Waals surface area contributed by atoms with Gasteiger partial charge in [0.15, 0.2) is 0 Å². The summed E-state index contributed by atoms with van der Waals surface area (Å²) in [6.07, 6.45) is 2.37. The number of hydrogen-bond donors (Lipinski definition) is 2. The molecule has 1 aromatic carbocycles. The number of aromatic amines is 1. The van der Waals surface area contributed by atoms with Crippen LogP contribution in [0.15, 0.2) is 24.5 Å². The Morgan fingerprint density at radius 2 is 2.29 bits per heavy atom. The maximum atomic E-state index is 6.06. The van der Waals surface area contributed by atoms with Gasteiger partial charge in [-0.2, -0.15) is 5.10 Å². The first-order valence-corrected chi connectivity index (χ1v) is 5.93. The molecular formula is C12H15ClN4. The highest BCUT2D eigenvalue weighted by Gasteiger charge is 1.98. The van der Waals surface area contributed by atoms with Gasteiger partial charge in [0.1, 0.15) is 12.2 Å². The van der Waals surface area contributed by atoms with Crippen molar-refractivity contribution < 1.29 is 0 Å². The zero-order chi connectivity index (χ0) is 12.1. The maximum absolute atomic E-state index is 6.06. The lowest BCUT2D eigenvalue weighted by Gasteiger charge is -2.05. The second-order valence-corrected chi connectivity index (χ2v) is 4.35. The summed E-state index contributed by atoms with van der Waals surface area (Å²) >= 11 is 6.06. The van der Waals surface area contributed by atoms with E-state index in [1.165, 1.54) is 11.9 Å². The molecule has 1 aromatic heterocycles. The normalized spacial score (nSPS) is 10.7. The summed E-state index contributed by atoms with van der Waals surface area (Å²) in [6.45, 7) is 3.68. The van der Waals surface area contributed by atoms with E-state index in [0.717, 1.165) is 35.9 Å². The summed E-state index contributed by atoms with van der Waals surface area (Å²) in [4.78, 5) is 4.06. The Balaban J connectivity index is 1.76. The minimum atomic E-state index is 0.814. The van der Waals surface area contributed by atoms with E-state index in [2.05, 4.69) is 26.6 Å². The van der Waals surface area contributed by atoms with Crippen LogP contribution in [0, 0.1) is 6.92 Å². The fourth-order valence-corrected chi connectivity index (χ4v) is 1.74. The number of H-pyrrole nitrogens is 1. The number of benzene rings is 1. The minimum Gasteiger partial charge on any atom is -0.312 e. The fourth-order valence-electron chi connectivity index (χ4n) is 1.54. The topological polar surface area (TPSA) is 53.6 Å². The van der Waals surface area contributed by atoms with E-state index in [1.54, 1.807) is 0 Å². The van der Waals surface area contributed by atoms with Gasteiger partial charge in [0.2, 0.25) is 0 Å². The van der Waals surface area contributed by atoms with Gasteiger partial charge >= 0.3 is 0 Å². The first kappa shape index (κ1) is 12.1. The highest BCUT2D eigenvalue weighted by Crippen LogP contribution is 2.16. The van der Waals surface area contributed by atoms with Crippen molar-refractivity contribution >= 4 is 11.6 Å². The molecule has 2 N–H and O–H groups in total. The fraction of sp³-hybridized carbons (Fsp3) is 0.333. The minimum absolute atomic E-state index is 0.814. The Labute approximate surface area is 105 Å². The van der Waals surface area contributed by atoms with Crippen molar-refractivity contribution in [1.82, 2.24) is 20.5 Å². The molecule has 17 heavy (non-hydrogen) atoms. The van der Waals surface area contributed by atoms with Crippen molar-refractivity contribution in [2.24, 2.45) is 0 Å². The molecule has 0 atom stereocenters. The van der Waals surface area contributed by atoms with Crippen molar-refractivity contribution in [3.8, 4) is 0 Å². The molecule has 0 bridgehead atoms. The zero-order valence-corrected chi connectivity index (χ0v) is 10.5. The maximum Gasteiger partial charge on any atom is 0.137 e. The largest absolute Gasteiger partial charge is 0.312 e. The second kappa shape index (κ2) is 5.80. The van der Waals surface area contributed by atoms with Gasteiger partial charge in [-0.25, -0.2) is 4.98 Å². The van der Waals surface area contributed by atoms with Crippen LogP contribution in [0.2, 0.25) is 5.02 Å². The standard InChI is InChI=1S/C12H15ClN4/c1-9-2-3-10(6-11(9)13)7-14-5-4-12-15-8-16-17-12/h2-3,6,8,14H,4-5,7H2,1H3,(H,15,16,17). The van der Waals surface area contributed by atoms with Gasteiger partial charge in [-0.3, -0.25) is 5.10 Å². The summed E-state index contributed by atoms with van der Waals surface area (Å²) < 4.78 is 0. The molecule has 1 heterocycles. The van der Waals surface area contributed by atoms with Crippen LogP contribution in [-0.4, -0.2) is 21.7 Å². The number of rotatable bonds is 5. The number of hydrogen-bond acceptors (Lipinski definition) is 3. The van der Waals surface area contributed by atoms with Crippen LogP contribution in [0.5, 0.6) is 0 Å². The summed E-state index contributed by atoms with van der Waals surface area (Å²) in [6, 6.07) is 6.12. The molecule has 0 unspecified atom stereocenters. The lowest BCUT2D eigenvalue weighted by molar-refractivity contribution is 0.671. The predicted molar refractivity (Wildman–Crippen MR) is 68.0 cm³/mol. The molecule has 0 saturated carbocycles. The number of aryl methyl sites for hydroxylation is 1. The van der Waals surface area contributed by atoms with E-state index in [4.69, 9.17) is 11.6 Å². The van der Waals surface area contributed by atoms with E-state index < -0.39 is 0 Å². The Morgan fingerprint density at radius 1 is 1.41 bits per heavy atom. The van der Waals surface area contributed by atoms with Gasteiger partial charge in [0, 0.05) is 24.5 Å². The van der Waals surface area contributed by atoms with Crippen LogP contribution in [0.1, 0.15) is 17.0 Å². The Hall–Kier alpha value is -1.39. The Morgan fingerprint density at radius 3 is 3.00 bits per heavy atom. The molecular weight excluding hydrogens is 236 g/mol. The molecule has 5 heteroatoms. The van der Waals surface area contributed by atoms with Crippen LogP contribution in [0.25, 0.3) is 0 Å². The third-order valence-electron chi connectivity index (χ3n) is 2.57. The van der Waals surface area contributed by atoms with Gasteiger partial charge in [-0.1, -0.05) is 23.7 Å². The summed E-state index contributed by atoms with van der Waals surface area (Å²) in [5.41, 5.74) is 2.30.